The molecule has 0 saturated heterocycles. The molecule has 0 amide bonds. The first kappa shape index (κ1) is 58.4. The van der Waals surface area contributed by atoms with Gasteiger partial charge in [-0.1, -0.05) is 160 Å². The highest BCUT2D eigenvalue weighted by Gasteiger charge is 2.26. The number of ether oxygens (including phenoxy) is 5. The number of carbonyl (C=O) groups is 5. The number of hydrogen-bond acceptors (Lipinski definition) is 10. The first-order valence-electron chi connectivity index (χ1n) is 23.2. The zero-order valence-corrected chi connectivity index (χ0v) is 40.2. The van der Waals surface area contributed by atoms with Gasteiger partial charge in [0.1, 0.15) is 25.6 Å². The third-order valence-electron chi connectivity index (χ3n) is 10.6. The van der Waals surface area contributed by atoms with Gasteiger partial charge in [0.15, 0.2) is 0 Å². The van der Waals surface area contributed by atoms with Crippen LogP contribution in [0.15, 0.2) is 86.0 Å². The smallest absolute Gasteiger partial charge is 0.338 e. The van der Waals surface area contributed by atoms with Crippen LogP contribution in [-0.4, -0.2) is 68.3 Å². The molecule has 0 bridgehead atoms. The highest BCUT2D eigenvalue weighted by Crippen LogP contribution is 2.31. The van der Waals surface area contributed by atoms with Crippen LogP contribution in [0.5, 0.6) is 0 Å². The number of Topliss-reactive ketones (excluding diaryl/α,β-unsaturated/α-hetero) is 1. The molecule has 2 aromatic carbocycles. The molecule has 10 nitrogen and oxygen atoms in total. The summed E-state index contributed by atoms with van der Waals surface area (Å²) in [6.07, 6.45) is 20.2. The zero-order valence-electron chi connectivity index (χ0n) is 40.2. The second-order valence-electron chi connectivity index (χ2n) is 16.8. The lowest BCUT2D eigenvalue weighted by Crippen LogP contribution is -2.25. The van der Waals surface area contributed by atoms with Gasteiger partial charge in [-0.05, 0) is 81.4 Å². The first-order valence-corrected chi connectivity index (χ1v) is 23.2. The van der Waals surface area contributed by atoms with Crippen molar-refractivity contribution in [3.05, 3.63) is 97.1 Å². The summed E-state index contributed by atoms with van der Waals surface area (Å²) in [6, 6.07) is 19.4. The van der Waals surface area contributed by atoms with Gasteiger partial charge in [-0.2, -0.15) is 0 Å². The second-order valence-corrected chi connectivity index (χ2v) is 16.8. The van der Waals surface area contributed by atoms with Gasteiger partial charge in [-0.3, -0.25) is 9.59 Å². The van der Waals surface area contributed by atoms with Gasteiger partial charge in [0.25, 0.3) is 0 Å². The number of ketones is 1. The number of esters is 4. The van der Waals surface area contributed by atoms with Crippen LogP contribution in [0, 0.1) is 11.8 Å². The average Bonchev–Trinajstić information content (AvgIpc) is 3.29. The summed E-state index contributed by atoms with van der Waals surface area (Å²) in [6.45, 7) is 23.5. The zero-order chi connectivity index (χ0) is 47.3. The van der Waals surface area contributed by atoms with E-state index in [1.165, 1.54) is 63.9 Å². The maximum absolute atomic E-state index is 11.5. The Kier molecular flexibility index (Phi) is 34.2. The van der Waals surface area contributed by atoms with E-state index in [1.807, 2.05) is 57.2 Å². The minimum Gasteiger partial charge on any atom is -0.463 e. The lowest BCUT2D eigenvalue weighted by Gasteiger charge is -2.28. The largest absolute Gasteiger partial charge is 0.463 e. The van der Waals surface area contributed by atoms with Crippen LogP contribution in [0.2, 0.25) is 0 Å². The van der Waals surface area contributed by atoms with E-state index in [1.54, 1.807) is 31.2 Å². The Morgan fingerprint density at radius 1 is 0.730 bits per heavy atom. The first-order chi connectivity index (χ1) is 30.1. The highest BCUT2D eigenvalue weighted by molar-refractivity contribution is 5.89. The second kappa shape index (κ2) is 36.9. The Labute approximate surface area is 380 Å². The van der Waals surface area contributed by atoms with Crippen molar-refractivity contribution >= 4 is 29.7 Å². The third kappa shape index (κ3) is 31.0. The minimum atomic E-state index is -0.296. The van der Waals surface area contributed by atoms with Crippen molar-refractivity contribution in [2.75, 3.05) is 26.4 Å². The van der Waals surface area contributed by atoms with Crippen LogP contribution in [0.1, 0.15) is 168 Å². The number of rotatable bonds is 19. The summed E-state index contributed by atoms with van der Waals surface area (Å²) in [4.78, 5) is 54.6. The number of carbonyl (C=O) groups excluding carboxylic acids is 5. The highest BCUT2D eigenvalue weighted by atomic mass is 16.6. The van der Waals surface area contributed by atoms with Crippen LogP contribution in [0.25, 0.3) is 0 Å². The molecule has 2 aromatic rings. The number of unbranched alkanes of at least 4 members (excludes halogenated alkanes) is 2. The SMILES string of the molecule is C=CCOC(=O)C(C)C1CCCCC1.C=CCOC(=O)COC1CCCCC1.CC(=O)OC(C)CC(C)(C)c1ccccc1.CCC(C)=O.CCCCCOC(=O)c1ccccc1. The summed E-state index contributed by atoms with van der Waals surface area (Å²) in [7, 11) is 0. The molecule has 2 fully saturated rings. The molecule has 0 N–H and O–H groups in total. The fraction of sp³-hybridized carbons (Fsp3) is 0.604. The van der Waals surface area contributed by atoms with E-state index in [2.05, 4.69) is 46.1 Å². The van der Waals surface area contributed by atoms with Crippen molar-refractivity contribution in [2.45, 2.75) is 169 Å². The predicted octanol–water partition coefficient (Wildman–Crippen LogP) is 12.3. The van der Waals surface area contributed by atoms with Crippen LogP contribution in [0.4, 0.5) is 0 Å². The molecule has 2 unspecified atom stereocenters. The minimum absolute atomic E-state index is 0.0239. The lowest BCUT2D eigenvalue weighted by atomic mass is 9.80. The maximum Gasteiger partial charge on any atom is 0.338 e. The fourth-order valence-electron chi connectivity index (χ4n) is 6.94. The molecule has 2 aliphatic carbocycles. The molecule has 354 valence electrons. The Hall–Kier alpha value is -4.57. The van der Waals surface area contributed by atoms with Crippen molar-refractivity contribution in [3.63, 3.8) is 0 Å². The maximum atomic E-state index is 11.5. The van der Waals surface area contributed by atoms with E-state index in [-0.39, 0.29) is 66.4 Å². The Balaban J connectivity index is 0.000000785. The summed E-state index contributed by atoms with van der Waals surface area (Å²) in [5, 5.41) is 0. The Morgan fingerprint density at radius 3 is 1.76 bits per heavy atom. The molecule has 2 atom stereocenters. The van der Waals surface area contributed by atoms with Crippen LogP contribution in [-0.2, 0) is 48.3 Å². The third-order valence-corrected chi connectivity index (χ3v) is 10.6. The molecule has 4 rings (SSSR count). The van der Waals surface area contributed by atoms with Crippen molar-refractivity contribution in [1.29, 1.82) is 0 Å². The molecule has 0 radical (unpaired) electrons. The Bertz CT molecular complexity index is 1530. The van der Waals surface area contributed by atoms with E-state index in [4.69, 9.17) is 23.7 Å². The lowest BCUT2D eigenvalue weighted by molar-refractivity contribution is -0.150. The average molecular weight is 879 g/mol. The standard InChI is InChI=1S/C14H20O2.C12H20O2.C12H16O2.C11H18O3.C4H8O/c1-11(16-12(2)15)10-14(3,4)13-8-6-5-7-9-13;1-3-9-14-12(13)10(2)11-7-5-4-6-8-11;1-2-3-7-10-14-12(13)11-8-5-4-6-9-11;1-2-8-13-11(12)9-14-10-6-4-3-5-7-10;1-3-4(2)5/h5-9,11H,10H2,1-4H3;3,10-11H,1,4-9H2,2H3;4-6,8-9H,2-3,7,10H2,1H3;2,10H,1,3-9H2;3H2,1-2H3. The van der Waals surface area contributed by atoms with Crippen LogP contribution < -0.4 is 0 Å². The monoisotopic (exact) mass is 879 g/mol. The van der Waals surface area contributed by atoms with Gasteiger partial charge in [-0.25, -0.2) is 9.59 Å². The molecular formula is C53H82O10. The van der Waals surface area contributed by atoms with E-state index >= 15 is 0 Å². The quantitative estimate of drug-likeness (QED) is 0.0581. The molecule has 2 aliphatic rings. The molecule has 63 heavy (non-hydrogen) atoms. The molecule has 10 heteroatoms. The number of hydrogen-bond donors (Lipinski definition) is 0. The van der Waals surface area contributed by atoms with Gasteiger partial charge in [0.05, 0.1) is 30.3 Å². The van der Waals surface area contributed by atoms with Crippen LogP contribution >= 0.6 is 0 Å². The Morgan fingerprint density at radius 2 is 1.25 bits per heavy atom. The summed E-state index contributed by atoms with van der Waals surface area (Å²) < 4.78 is 25.5. The molecule has 2 saturated carbocycles. The van der Waals surface area contributed by atoms with Crippen molar-refractivity contribution in [1.82, 2.24) is 0 Å². The van der Waals surface area contributed by atoms with Gasteiger partial charge in [0.2, 0.25) is 0 Å². The van der Waals surface area contributed by atoms with E-state index in [0.717, 1.165) is 38.5 Å². The van der Waals surface area contributed by atoms with Crippen molar-refractivity contribution in [2.24, 2.45) is 11.8 Å². The van der Waals surface area contributed by atoms with Crippen LogP contribution in [0.3, 0.4) is 0 Å². The van der Waals surface area contributed by atoms with E-state index in [9.17, 15) is 24.0 Å². The van der Waals surface area contributed by atoms with Gasteiger partial charge in [0, 0.05) is 13.3 Å². The summed E-state index contributed by atoms with van der Waals surface area (Å²) in [5.41, 5.74) is 1.92. The van der Waals surface area contributed by atoms with Crippen molar-refractivity contribution < 1.29 is 47.7 Å². The van der Waals surface area contributed by atoms with E-state index in [0.29, 0.717) is 31.1 Å². The molecule has 0 heterocycles. The molecule has 0 aromatic heterocycles. The topological polar surface area (TPSA) is 132 Å². The molecular weight excluding hydrogens is 797 g/mol. The number of benzene rings is 2. The van der Waals surface area contributed by atoms with Gasteiger partial charge in [-0.15, -0.1) is 0 Å². The molecule has 0 spiro atoms. The van der Waals surface area contributed by atoms with E-state index < -0.39 is 0 Å². The van der Waals surface area contributed by atoms with Gasteiger partial charge >= 0.3 is 23.9 Å². The fourth-order valence-corrected chi connectivity index (χ4v) is 6.94. The predicted molar refractivity (Wildman–Crippen MR) is 253 cm³/mol. The summed E-state index contributed by atoms with van der Waals surface area (Å²) >= 11 is 0. The van der Waals surface area contributed by atoms with Crippen molar-refractivity contribution in [3.8, 4) is 0 Å². The molecule has 0 aliphatic heterocycles. The van der Waals surface area contributed by atoms with Gasteiger partial charge < -0.3 is 28.5 Å². The normalized spacial score (nSPS) is 14.5. The summed E-state index contributed by atoms with van der Waals surface area (Å²) in [5.74, 6) is 0.0756.